The third-order valence-corrected chi connectivity index (χ3v) is 8.67. The molecule has 1 unspecified atom stereocenters. The third kappa shape index (κ3) is 6.50. The van der Waals surface area contributed by atoms with E-state index in [-0.39, 0.29) is 29.4 Å². The molecule has 44 heavy (non-hydrogen) atoms. The molecule has 1 aromatic heterocycles. The number of hydrogen-bond donors (Lipinski definition) is 1. The molecular weight excluding hydrogens is 604 g/mol. The molecule has 0 bridgehead atoms. The summed E-state index contributed by atoms with van der Waals surface area (Å²) in [5.74, 6) is 1.91. The SMILES string of the molecule is COCCNC(=O)CN1C(=O)CSC(c2ccc(OC)c(OC)c2)c2c(-c3ccc(Cl)cc3)nn(-c3ccc(OC)cc3)c21. The zero-order chi connectivity index (χ0) is 31.2. The number of nitrogens with one attached hydrogen (secondary N) is 1. The van der Waals surface area contributed by atoms with Crippen molar-refractivity contribution in [1.29, 1.82) is 0 Å². The van der Waals surface area contributed by atoms with Crippen molar-refractivity contribution < 1.29 is 28.5 Å². The zero-order valence-electron chi connectivity index (χ0n) is 24.8. The van der Waals surface area contributed by atoms with E-state index in [1.807, 2.05) is 54.6 Å². The van der Waals surface area contributed by atoms with Gasteiger partial charge in [0, 0.05) is 29.8 Å². The van der Waals surface area contributed by atoms with Crippen LogP contribution >= 0.6 is 23.4 Å². The summed E-state index contributed by atoms with van der Waals surface area (Å²) in [4.78, 5) is 28.6. The van der Waals surface area contributed by atoms with Crippen molar-refractivity contribution in [3.8, 4) is 34.2 Å². The summed E-state index contributed by atoms with van der Waals surface area (Å²) < 4.78 is 23.3. The molecule has 0 aliphatic carbocycles. The fraction of sp³-hybridized carbons (Fsp3) is 0.281. The molecule has 1 aliphatic rings. The Kier molecular flexibility index (Phi) is 9.99. The first-order chi connectivity index (χ1) is 21.4. The minimum absolute atomic E-state index is 0.127. The second kappa shape index (κ2) is 14.1. The topological polar surface area (TPSA) is 104 Å². The van der Waals surface area contributed by atoms with Crippen LogP contribution in [0.1, 0.15) is 16.4 Å². The second-order valence-electron chi connectivity index (χ2n) is 9.83. The lowest BCUT2D eigenvalue weighted by molar-refractivity contribution is -0.123. The van der Waals surface area contributed by atoms with Crippen molar-refractivity contribution in [3.05, 3.63) is 82.9 Å². The van der Waals surface area contributed by atoms with E-state index in [0.29, 0.717) is 52.6 Å². The van der Waals surface area contributed by atoms with Crippen molar-refractivity contribution in [2.45, 2.75) is 5.25 Å². The Morgan fingerprint density at radius 3 is 2.36 bits per heavy atom. The monoisotopic (exact) mass is 636 g/mol. The molecule has 0 radical (unpaired) electrons. The molecule has 3 aromatic carbocycles. The Balaban J connectivity index is 1.76. The molecule has 2 heterocycles. The van der Waals surface area contributed by atoms with E-state index in [0.717, 1.165) is 16.7 Å². The van der Waals surface area contributed by atoms with Gasteiger partial charge in [0.25, 0.3) is 0 Å². The molecule has 10 nitrogen and oxygen atoms in total. The highest BCUT2D eigenvalue weighted by atomic mass is 35.5. The zero-order valence-corrected chi connectivity index (χ0v) is 26.4. The van der Waals surface area contributed by atoms with Crippen LogP contribution in [0.4, 0.5) is 5.82 Å². The van der Waals surface area contributed by atoms with E-state index in [2.05, 4.69) is 5.32 Å². The molecule has 1 aliphatic heterocycles. The van der Waals surface area contributed by atoms with Gasteiger partial charge in [-0.15, -0.1) is 11.8 Å². The number of methoxy groups -OCH3 is 4. The van der Waals surface area contributed by atoms with Gasteiger partial charge in [0.15, 0.2) is 11.5 Å². The third-order valence-electron chi connectivity index (χ3n) is 7.16. The molecule has 0 fully saturated rings. The van der Waals surface area contributed by atoms with Gasteiger partial charge in [-0.1, -0.05) is 29.8 Å². The van der Waals surface area contributed by atoms with E-state index in [9.17, 15) is 9.59 Å². The van der Waals surface area contributed by atoms with Crippen LogP contribution in [0.15, 0.2) is 66.7 Å². The fourth-order valence-electron chi connectivity index (χ4n) is 5.01. The summed E-state index contributed by atoms with van der Waals surface area (Å²) in [7, 11) is 6.33. The molecule has 0 saturated carbocycles. The van der Waals surface area contributed by atoms with Crippen LogP contribution in [0.2, 0.25) is 5.02 Å². The van der Waals surface area contributed by atoms with Gasteiger partial charge in [0.1, 0.15) is 18.1 Å². The first kappa shape index (κ1) is 31.2. The summed E-state index contributed by atoms with van der Waals surface area (Å²) in [5, 5.41) is 8.17. The second-order valence-corrected chi connectivity index (χ2v) is 11.4. The standard InChI is InChI=1S/C32H33ClN4O6S/c1-40-16-15-34-27(38)18-36-28(39)19-44-31(21-7-14-25(42-3)26(17-21)43-4)29-30(20-5-8-22(33)9-6-20)35-37(32(29)36)23-10-12-24(41-2)13-11-23/h5-14,17,31H,15-16,18-19H2,1-4H3,(H,34,38). The molecule has 5 rings (SSSR count). The van der Waals surface area contributed by atoms with Crippen molar-refractivity contribution in [2.24, 2.45) is 0 Å². The number of benzene rings is 3. The number of hydrogen-bond acceptors (Lipinski definition) is 8. The average Bonchev–Trinajstić information content (AvgIpc) is 3.37. The van der Waals surface area contributed by atoms with Gasteiger partial charge in [0.2, 0.25) is 11.8 Å². The minimum atomic E-state index is -0.354. The normalized spacial score (nSPS) is 14.5. The van der Waals surface area contributed by atoms with E-state index >= 15 is 0 Å². The molecule has 0 spiro atoms. The fourth-order valence-corrected chi connectivity index (χ4v) is 6.33. The Bertz CT molecular complexity index is 1630. The number of carbonyl (C=O) groups excluding carboxylic acids is 2. The predicted molar refractivity (Wildman–Crippen MR) is 172 cm³/mol. The summed E-state index contributed by atoms with van der Waals surface area (Å²) in [6, 6.07) is 20.5. The molecule has 1 atom stereocenters. The van der Waals surface area contributed by atoms with Crippen LogP contribution in [0.5, 0.6) is 17.2 Å². The lowest BCUT2D eigenvalue weighted by Crippen LogP contribution is -2.43. The molecule has 12 heteroatoms. The average molecular weight is 637 g/mol. The summed E-state index contributed by atoms with van der Waals surface area (Å²) in [6.07, 6.45) is 0. The number of carbonyl (C=O) groups is 2. The van der Waals surface area contributed by atoms with E-state index in [1.54, 1.807) is 45.3 Å². The minimum Gasteiger partial charge on any atom is -0.497 e. The van der Waals surface area contributed by atoms with Crippen molar-refractivity contribution >= 4 is 41.0 Å². The number of aromatic nitrogens is 2. The molecule has 0 saturated heterocycles. The number of halogens is 1. The first-order valence-electron chi connectivity index (χ1n) is 13.8. The number of rotatable bonds is 11. The van der Waals surface area contributed by atoms with Gasteiger partial charge in [-0.3, -0.25) is 14.5 Å². The maximum absolute atomic E-state index is 13.9. The van der Waals surface area contributed by atoms with Gasteiger partial charge < -0.3 is 24.3 Å². The van der Waals surface area contributed by atoms with Crippen molar-refractivity contribution in [1.82, 2.24) is 15.1 Å². The Morgan fingerprint density at radius 2 is 1.70 bits per heavy atom. The molecule has 230 valence electrons. The maximum atomic E-state index is 13.9. The summed E-state index contributed by atoms with van der Waals surface area (Å²) in [6.45, 7) is 0.477. The van der Waals surface area contributed by atoms with Crippen LogP contribution in [-0.4, -0.2) is 75.5 Å². The largest absolute Gasteiger partial charge is 0.497 e. The van der Waals surface area contributed by atoms with Gasteiger partial charge in [0.05, 0.1) is 50.3 Å². The van der Waals surface area contributed by atoms with Crippen LogP contribution in [0.3, 0.4) is 0 Å². The summed E-state index contributed by atoms with van der Waals surface area (Å²) >= 11 is 7.72. The Labute approximate surface area is 265 Å². The molecule has 2 amide bonds. The number of anilines is 1. The first-order valence-corrected chi connectivity index (χ1v) is 15.2. The van der Waals surface area contributed by atoms with Gasteiger partial charge in [-0.25, -0.2) is 4.68 Å². The number of nitrogens with zero attached hydrogens (tertiary/aromatic N) is 3. The Morgan fingerprint density at radius 1 is 0.977 bits per heavy atom. The van der Waals surface area contributed by atoms with E-state index < -0.39 is 0 Å². The van der Waals surface area contributed by atoms with Crippen molar-refractivity contribution in [2.75, 3.05) is 58.8 Å². The van der Waals surface area contributed by atoms with E-state index in [1.165, 1.54) is 16.7 Å². The smallest absolute Gasteiger partial charge is 0.240 e. The maximum Gasteiger partial charge on any atom is 0.240 e. The van der Waals surface area contributed by atoms with Gasteiger partial charge in [-0.05, 0) is 54.1 Å². The highest BCUT2D eigenvalue weighted by molar-refractivity contribution is 8.00. The predicted octanol–water partition coefficient (Wildman–Crippen LogP) is 5.15. The van der Waals surface area contributed by atoms with Crippen molar-refractivity contribution in [3.63, 3.8) is 0 Å². The van der Waals surface area contributed by atoms with E-state index in [4.69, 9.17) is 35.6 Å². The quantitative estimate of drug-likeness (QED) is 0.226. The Hall–Kier alpha value is -4.19. The highest BCUT2D eigenvalue weighted by Gasteiger charge is 2.38. The summed E-state index contributed by atoms with van der Waals surface area (Å²) in [5.41, 5.74) is 3.81. The number of ether oxygens (including phenoxy) is 4. The lowest BCUT2D eigenvalue weighted by Gasteiger charge is -2.23. The molecule has 4 aromatic rings. The number of fused-ring (bicyclic) bond motifs is 1. The van der Waals surface area contributed by atoms with Crippen LogP contribution < -0.4 is 24.4 Å². The number of thioether (sulfide) groups is 1. The lowest BCUT2D eigenvalue weighted by atomic mass is 9.99. The van der Waals surface area contributed by atoms with Gasteiger partial charge >= 0.3 is 0 Å². The van der Waals surface area contributed by atoms with Crippen LogP contribution in [0.25, 0.3) is 16.9 Å². The molecular formula is C32H33ClN4O6S. The van der Waals surface area contributed by atoms with Crippen LogP contribution in [-0.2, 0) is 14.3 Å². The molecule has 1 N–H and O–H groups in total. The number of amides is 2. The van der Waals surface area contributed by atoms with Crippen LogP contribution in [0, 0.1) is 0 Å². The highest BCUT2D eigenvalue weighted by Crippen LogP contribution is 2.49. The van der Waals surface area contributed by atoms with Gasteiger partial charge in [-0.2, -0.15) is 5.10 Å².